The Morgan fingerprint density at radius 3 is 2.60 bits per heavy atom. The molecule has 0 bridgehead atoms. The van der Waals surface area contributed by atoms with E-state index in [-0.39, 0.29) is 17.2 Å². The van der Waals surface area contributed by atoms with E-state index in [1.165, 1.54) is 37.7 Å². The Kier molecular flexibility index (Phi) is 4.21. The van der Waals surface area contributed by atoms with Crippen LogP contribution in [0.5, 0.6) is 11.5 Å². The molecular formula is C13H13NO5S. The molecule has 6 nitrogen and oxygen atoms in total. The molecule has 1 unspecified atom stereocenters. The summed E-state index contributed by atoms with van der Waals surface area (Å²) in [5.74, 6) is 0.256. The topological polar surface area (TPSA) is 81.8 Å². The minimum absolute atomic E-state index is 0.0413. The summed E-state index contributed by atoms with van der Waals surface area (Å²) in [5, 5.41) is 23.2. The van der Waals surface area contributed by atoms with Crippen LogP contribution in [0.2, 0.25) is 0 Å². The largest absolute Gasteiger partial charge is 0.493 e. The highest BCUT2D eigenvalue weighted by molar-refractivity contribution is 7.10. The van der Waals surface area contributed by atoms with Gasteiger partial charge in [-0.25, -0.2) is 0 Å². The van der Waals surface area contributed by atoms with Gasteiger partial charge in [-0.2, -0.15) is 0 Å². The molecule has 1 aromatic heterocycles. The van der Waals surface area contributed by atoms with Gasteiger partial charge in [0.1, 0.15) is 6.10 Å². The zero-order valence-electron chi connectivity index (χ0n) is 10.9. The Labute approximate surface area is 119 Å². The van der Waals surface area contributed by atoms with E-state index in [0.29, 0.717) is 10.4 Å². The zero-order valence-corrected chi connectivity index (χ0v) is 11.7. The fraction of sp³-hybridized carbons (Fsp3) is 0.231. The number of hydrogen-bond acceptors (Lipinski definition) is 6. The molecular weight excluding hydrogens is 282 g/mol. The van der Waals surface area contributed by atoms with Crippen LogP contribution < -0.4 is 9.47 Å². The highest BCUT2D eigenvalue weighted by Crippen LogP contribution is 2.40. The Bertz CT molecular complexity index is 611. The number of ether oxygens (including phenoxy) is 2. The van der Waals surface area contributed by atoms with Crippen LogP contribution in [0.1, 0.15) is 16.5 Å². The van der Waals surface area contributed by atoms with E-state index in [1.54, 1.807) is 12.1 Å². The summed E-state index contributed by atoms with van der Waals surface area (Å²) < 4.78 is 10.1. The first-order valence-electron chi connectivity index (χ1n) is 5.70. The molecule has 1 atom stereocenters. The number of thiophene rings is 1. The molecule has 0 spiro atoms. The predicted molar refractivity (Wildman–Crippen MR) is 74.6 cm³/mol. The Morgan fingerprint density at radius 1 is 1.35 bits per heavy atom. The van der Waals surface area contributed by atoms with Crippen molar-refractivity contribution in [2.24, 2.45) is 0 Å². The van der Waals surface area contributed by atoms with Gasteiger partial charge >= 0.3 is 5.69 Å². The molecule has 0 saturated heterocycles. The number of methoxy groups -OCH3 is 2. The first-order chi connectivity index (χ1) is 9.58. The van der Waals surface area contributed by atoms with Gasteiger partial charge in [0.05, 0.1) is 19.1 Å². The van der Waals surface area contributed by atoms with Gasteiger partial charge in [-0.3, -0.25) is 10.1 Å². The molecule has 0 fully saturated rings. The van der Waals surface area contributed by atoms with E-state index in [0.717, 1.165) is 0 Å². The van der Waals surface area contributed by atoms with Crippen molar-refractivity contribution in [3.63, 3.8) is 0 Å². The summed E-state index contributed by atoms with van der Waals surface area (Å²) in [4.78, 5) is 11.2. The Hall–Kier alpha value is -2.12. The number of nitrogens with zero attached hydrogens (tertiary/aromatic N) is 1. The molecule has 0 saturated carbocycles. The number of hydrogen-bond donors (Lipinski definition) is 1. The number of rotatable bonds is 5. The smallest absolute Gasteiger partial charge is 0.315 e. The fourth-order valence-electron chi connectivity index (χ4n) is 1.87. The van der Waals surface area contributed by atoms with Crippen LogP contribution in [0.25, 0.3) is 0 Å². The van der Waals surface area contributed by atoms with Crippen LogP contribution in [0.4, 0.5) is 5.69 Å². The molecule has 0 amide bonds. The molecule has 1 N–H and O–H groups in total. The third kappa shape index (κ3) is 2.59. The van der Waals surface area contributed by atoms with E-state index in [9.17, 15) is 15.2 Å². The molecule has 106 valence electrons. The molecule has 0 aliphatic carbocycles. The average molecular weight is 295 g/mol. The first kappa shape index (κ1) is 14.3. The minimum atomic E-state index is -0.937. The molecule has 2 rings (SSSR count). The minimum Gasteiger partial charge on any atom is -0.493 e. The van der Waals surface area contributed by atoms with Crippen LogP contribution >= 0.6 is 11.3 Å². The molecule has 20 heavy (non-hydrogen) atoms. The molecule has 1 aromatic carbocycles. The van der Waals surface area contributed by atoms with Gasteiger partial charge in [-0.15, -0.1) is 11.3 Å². The van der Waals surface area contributed by atoms with E-state index in [1.807, 2.05) is 5.38 Å². The summed E-state index contributed by atoms with van der Waals surface area (Å²) in [6.07, 6.45) is -0.937. The SMILES string of the molecule is COc1cc(C(O)c2cccs2)cc([N+](=O)[O-])c1OC. The molecule has 0 radical (unpaired) electrons. The fourth-order valence-corrected chi connectivity index (χ4v) is 2.61. The van der Waals surface area contributed by atoms with Crippen molar-refractivity contribution >= 4 is 17.0 Å². The maximum atomic E-state index is 11.1. The lowest BCUT2D eigenvalue weighted by molar-refractivity contribution is -0.385. The summed E-state index contributed by atoms with van der Waals surface area (Å²) >= 11 is 1.37. The van der Waals surface area contributed by atoms with Gasteiger partial charge in [-0.1, -0.05) is 6.07 Å². The second kappa shape index (κ2) is 5.89. The van der Waals surface area contributed by atoms with E-state index < -0.39 is 11.0 Å². The third-order valence-electron chi connectivity index (χ3n) is 2.81. The van der Waals surface area contributed by atoms with Crippen LogP contribution in [0.3, 0.4) is 0 Å². The van der Waals surface area contributed by atoms with Crippen molar-refractivity contribution in [1.82, 2.24) is 0 Å². The van der Waals surface area contributed by atoms with Crippen molar-refractivity contribution in [3.8, 4) is 11.5 Å². The van der Waals surface area contributed by atoms with Crippen molar-refractivity contribution in [3.05, 3.63) is 50.2 Å². The molecule has 2 aromatic rings. The molecule has 0 aliphatic rings. The normalized spacial score (nSPS) is 11.9. The first-order valence-corrected chi connectivity index (χ1v) is 6.58. The second-order valence-corrected chi connectivity index (χ2v) is 4.93. The van der Waals surface area contributed by atoms with Crippen molar-refractivity contribution in [1.29, 1.82) is 0 Å². The highest BCUT2D eigenvalue weighted by Gasteiger charge is 2.24. The molecule has 0 aliphatic heterocycles. The number of benzene rings is 1. The van der Waals surface area contributed by atoms with Crippen LogP contribution in [0.15, 0.2) is 29.6 Å². The Balaban J connectivity index is 2.55. The highest BCUT2D eigenvalue weighted by atomic mass is 32.1. The van der Waals surface area contributed by atoms with Crippen molar-refractivity contribution < 1.29 is 19.5 Å². The lowest BCUT2D eigenvalue weighted by Gasteiger charge is -2.13. The quantitative estimate of drug-likeness (QED) is 0.677. The average Bonchev–Trinajstić information content (AvgIpc) is 2.98. The summed E-state index contributed by atoms with van der Waals surface area (Å²) in [7, 11) is 2.73. The monoisotopic (exact) mass is 295 g/mol. The van der Waals surface area contributed by atoms with Gasteiger partial charge in [0.2, 0.25) is 5.75 Å². The van der Waals surface area contributed by atoms with Crippen LogP contribution in [-0.2, 0) is 0 Å². The summed E-state index contributed by atoms with van der Waals surface area (Å²) in [5.41, 5.74) is 0.147. The zero-order chi connectivity index (χ0) is 14.7. The maximum Gasteiger partial charge on any atom is 0.315 e. The second-order valence-electron chi connectivity index (χ2n) is 3.95. The summed E-state index contributed by atoms with van der Waals surface area (Å²) in [6.45, 7) is 0. The van der Waals surface area contributed by atoms with Gasteiger partial charge in [0.25, 0.3) is 0 Å². The lowest BCUT2D eigenvalue weighted by Crippen LogP contribution is -2.02. The number of aliphatic hydroxyl groups is 1. The van der Waals surface area contributed by atoms with Gasteiger partial charge in [0, 0.05) is 10.9 Å². The Morgan fingerprint density at radius 2 is 2.10 bits per heavy atom. The molecule has 7 heteroatoms. The third-order valence-corrected chi connectivity index (χ3v) is 3.73. The van der Waals surface area contributed by atoms with Gasteiger partial charge < -0.3 is 14.6 Å². The summed E-state index contributed by atoms with van der Waals surface area (Å²) in [6, 6.07) is 6.40. The van der Waals surface area contributed by atoms with E-state index in [4.69, 9.17) is 9.47 Å². The van der Waals surface area contributed by atoms with Crippen LogP contribution in [-0.4, -0.2) is 24.2 Å². The number of aliphatic hydroxyl groups excluding tert-OH is 1. The van der Waals surface area contributed by atoms with Crippen molar-refractivity contribution in [2.75, 3.05) is 14.2 Å². The van der Waals surface area contributed by atoms with Gasteiger partial charge in [0.15, 0.2) is 5.75 Å². The number of nitro groups is 1. The number of nitro benzene ring substituents is 1. The van der Waals surface area contributed by atoms with E-state index >= 15 is 0 Å². The van der Waals surface area contributed by atoms with Crippen molar-refractivity contribution in [2.45, 2.75) is 6.10 Å². The molecule has 1 heterocycles. The maximum absolute atomic E-state index is 11.1. The van der Waals surface area contributed by atoms with E-state index in [2.05, 4.69) is 0 Å². The standard InChI is InChI=1S/C13H13NO5S/c1-18-10-7-8(12(15)11-4-3-5-20-11)6-9(14(16)17)13(10)19-2/h3-7,12,15H,1-2H3. The van der Waals surface area contributed by atoms with Crippen LogP contribution in [0, 0.1) is 10.1 Å². The van der Waals surface area contributed by atoms with Gasteiger partial charge in [-0.05, 0) is 23.1 Å². The predicted octanol–water partition coefficient (Wildman–Crippen LogP) is 2.76. The lowest BCUT2D eigenvalue weighted by atomic mass is 10.1.